The number of aryl methyl sites for hydroxylation is 1. The number of nitrogens with zero attached hydrogens (tertiary/aromatic N) is 1. The Morgan fingerprint density at radius 1 is 1.14 bits per heavy atom. The van der Waals surface area contributed by atoms with Crippen molar-refractivity contribution in [3.8, 4) is 0 Å². The highest BCUT2D eigenvalue weighted by Crippen LogP contribution is 2.41. The molecule has 2 aromatic carbocycles. The summed E-state index contributed by atoms with van der Waals surface area (Å²) in [6, 6.07) is 12.5. The molecular weight excluding hydrogens is 389 g/mol. The largest absolute Gasteiger partial charge is 0.444 e. The Labute approximate surface area is 176 Å². The van der Waals surface area contributed by atoms with Crippen molar-refractivity contribution in [3.05, 3.63) is 59.4 Å². The summed E-state index contributed by atoms with van der Waals surface area (Å²) in [6.07, 6.45) is 0.381. The van der Waals surface area contributed by atoms with E-state index < -0.39 is 11.2 Å². The molecule has 0 aliphatic carbocycles. The highest BCUT2D eigenvalue weighted by molar-refractivity contribution is 7.99. The van der Waals surface area contributed by atoms with Crippen molar-refractivity contribution in [2.45, 2.75) is 61.5 Å². The zero-order valence-electron chi connectivity index (χ0n) is 17.4. The maximum Gasteiger partial charge on any atom is 0.410 e. The molecule has 0 spiro atoms. The summed E-state index contributed by atoms with van der Waals surface area (Å²) >= 11 is 1.44. The average molecular weight is 418 g/mol. The van der Waals surface area contributed by atoms with Crippen LogP contribution in [-0.2, 0) is 10.3 Å². The van der Waals surface area contributed by atoms with Gasteiger partial charge in [-0.2, -0.15) is 0 Å². The van der Waals surface area contributed by atoms with E-state index >= 15 is 0 Å². The number of likely N-dealkylation sites (tertiary alicyclic amines) is 1. The lowest BCUT2D eigenvalue weighted by Crippen LogP contribution is -2.47. The molecule has 1 N–H and O–H groups in total. The SMILES string of the molecule is Cc1ccc(Sc2cc(F)ccc2C2(O)CCN(C(=O)OC(C)(C)C)CC2)cc1. The molecule has 1 aliphatic rings. The van der Waals surface area contributed by atoms with Crippen LogP contribution < -0.4 is 0 Å². The van der Waals surface area contributed by atoms with Gasteiger partial charge in [0.1, 0.15) is 11.4 Å². The van der Waals surface area contributed by atoms with E-state index in [2.05, 4.69) is 0 Å². The average Bonchev–Trinajstić information content (AvgIpc) is 2.63. The van der Waals surface area contributed by atoms with Crippen molar-refractivity contribution < 1.29 is 19.0 Å². The third kappa shape index (κ3) is 5.52. The Hall–Kier alpha value is -2.05. The number of hydrogen-bond donors (Lipinski definition) is 1. The van der Waals surface area contributed by atoms with Crippen LogP contribution in [0.2, 0.25) is 0 Å². The molecule has 1 saturated heterocycles. The molecule has 4 nitrogen and oxygen atoms in total. The van der Waals surface area contributed by atoms with E-state index in [0.29, 0.717) is 36.4 Å². The second-order valence-corrected chi connectivity index (χ2v) is 9.67. The topological polar surface area (TPSA) is 49.8 Å². The van der Waals surface area contributed by atoms with Crippen LogP contribution in [0.15, 0.2) is 52.3 Å². The van der Waals surface area contributed by atoms with Crippen molar-refractivity contribution in [1.82, 2.24) is 4.90 Å². The monoisotopic (exact) mass is 417 g/mol. The molecule has 0 radical (unpaired) electrons. The minimum absolute atomic E-state index is 0.335. The van der Waals surface area contributed by atoms with E-state index in [9.17, 15) is 14.3 Å². The standard InChI is InChI=1S/C23H28FNO3S/c1-16-5-8-18(9-6-16)29-20-15-17(24)7-10-19(20)23(27)11-13-25(14-12-23)21(26)28-22(2,3)4/h5-10,15,27H,11-14H2,1-4H3. The van der Waals surface area contributed by atoms with Crippen LogP contribution in [-0.4, -0.2) is 34.8 Å². The highest BCUT2D eigenvalue weighted by atomic mass is 32.2. The number of ether oxygens (including phenoxy) is 1. The number of rotatable bonds is 3. The molecule has 3 rings (SSSR count). The molecule has 0 saturated carbocycles. The summed E-state index contributed by atoms with van der Waals surface area (Å²) in [7, 11) is 0. The number of halogens is 1. The van der Waals surface area contributed by atoms with E-state index in [1.165, 1.54) is 23.9 Å². The Kier molecular flexibility index (Phi) is 6.24. The summed E-state index contributed by atoms with van der Waals surface area (Å²) in [6.45, 7) is 8.28. The van der Waals surface area contributed by atoms with Gasteiger partial charge < -0.3 is 14.7 Å². The second kappa shape index (κ2) is 8.36. The van der Waals surface area contributed by atoms with Gasteiger partial charge in [-0.3, -0.25) is 0 Å². The highest BCUT2D eigenvalue weighted by Gasteiger charge is 2.38. The van der Waals surface area contributed by atoms with Crippen molar-refractivity contribution in [1.29, 1.82) is 0 Å². The van der Waals surface area contributed by atoms with Crippen molar-refractivity contribution in [2.24, 2.45) is 0 Å². The first-order valence-corrected chi connectivity index (χ1v) is 10.6. The molecule has 0 atom stereocenters. The third-order valence-corrected chi connectivity index (χ3v) is 6.00. The van der Waals surface area contributed by atoms with Crippen LogP contribution in [0.5, 0.6) is 0 Å². The van der Waals surface area contributed by atoms with Crippen molar-refractivity contribution in [3.63, 3.8) is 0 Å². The molecule has 2 aromatic rings. The zero-order valence-corrected chi connectivity index (χ0v) is 18.2. The van der Waals surface area contributed by atoms with Crippen LogP contribution in [0.25, 0.3) is 0 Å². The van der Waals surface area contributed by atoms with Crippen LogP contribution >= 0.6 is 11.8 Å². The number of benzene rings is 2. The smallest absolute Gasteiger partial charge is 0.410 e. The minimum Gasteiger partial charge on any atom is -0.444 e. The Morgan fingerprint density at radius 2 is 1.76 bits per heavy atom. The molecule has 1 heterocycles. The number of aliphatic hydroxyl groups is 1. The predicted molar refractivity (Wildman–Crippen MR) is 113 cm³/mol. The Balaban J connectivity index is 1.78. The van der Waals surface area contributed by atoms with Gasteiger partial charge in [-0.25, -0.2) is 9.18 Å². The maximum absolute atomic E-state index is 14.0. The normalized spacial score (nSPS) is 16.6. The van der Waals surface area contributed by atoms with E-state index in [-0.39, 0.29) is 11.9 Å². The van der Waals surface area contributed by atoms with Crippen LogP contribution in [0.3, 0.4) is 0 Å². The predicted octanol–water partition coefficient (Wildman–Crippen LogP) is 5.50. The van der Waals surface area contributed by atoms with Gasteiger partial charge in [-0.1, -0.05) is 35.5 Å². The summed E-state index contributed by atoms with van der Waals surface area (Å²) in [5.74, 6) is -0.335. The molecule has 0 unspecified atom stereocenters. The number of piperidine rings is 1. The van der Waals surface area contributed by atoms with E-state index in [0.717, 1.165) is 10.5 Å². The summed E-state index contributed by atoms with van der Waals surface area (Å²) in [5.41, 5.74) is 0.189. The molecular formula is C23H28FNO3S. The first-order chi connectivity index (χ1) is 13.6. The van der Waals surface area contributed by atoms with Gasteiger partial charge >= 0.3 is 6.09 Å². The lowest BCUT2D eigenvalue weighted by Gasteiger charge is -2.39. The van der Waals surface area contributed by atoms with E-state index in [1.54, 1.807) is 11.0 Å². The quantitative estimate of drug-likeness (QED) is 0.716. The van der Waals surface area contributed by atoms with Gasteiger partial charge in [0.25, 0.3) is 0 Å². The molecule has 1 amide bonds. The van der Waals surface area contributed by atoms with Crippen LogP contribution in [0, 0.1) is 12.7 Å². The lowest BCUT2D eigenvalue weighted by molar-refractivity contribution is -0.0371. The zero-order chi connectivity index (χ0) is 21.2. The summed E-state index contributed by atoms with van der Waals surface area (Å²) < 4.78 is 19.4. The molecule has 29 heavy (non-hydrogen) atoms. The first-order valence-electron chi connectivity index (χ1n) is 9.81. The number of carbonyl (C=O) groups is 1. The van der Waals surface area contributed by atoms with E-state index in [4.69, 9.17) is 4.74 Å². The van der Waals surface area contributed by atoms with Crippen molar-refractivity contribution >= 4 is 17.9 Å². The molecule has 156 valence electrons. The number of amides is 1. The third-order valence-electron chi connectivity index (χ3n) is 4.94. The van der Waals surface area contributed by atoms with Gasteiger partial charge in [0.05, 0.1) is 5.60 Å². The molecule has 6 heteroatoms. The van der Waals surface area contributed by atoms with Crippen LogP contribution in [0.4, 0.5) is 9.18 Å². The molecule has 0 aromatic heterocycles. The van der Waals surface area contributed by atoms with Crippen molar-refractivity contribution in [2.75, 3.05) is 13.1 Å². The fourth-order valence-corrected chi connectivity index (χ4v) is 4.42. The first kappa shape index (κ1) is 21.7. The van der Waals surface area contributed by atoms with Gasteiger partial charge in [0.2, 0.25) is 0 Å². The number of hydrogen-bond acceptors (Lipinski definition) is 4. The van der Waals surface area contributed by atoms with E-state index in [1.807, 2.05) is 52.0 Å². The lowest BCUT2D eigenvalue weighted by atomic mass is 9.84. The van der Waals surface area contributed by atoms with Gasteiger partial charge in [-0.05, 0) is 70.4 Å². The van der Waals surface area contributed by atoms with Crippen LogP contribution in [0.1, 0.15) is 44.7 Å². The molecule has 1 aliphatic heterocycles. The summed E-state index contributed by atoms with van der Waals surface area (Å²) in [4.78, 5) is 15.6. The molecule has 1 fully saturated rings. The second-order valence-electron chi connectivity index (χ2n) is 8.55. The summed E-state index contributed by atoms with van der Waals surface area (Å²) in [5, 5.41) is 11.4. The van der Waals surface area contributed by atoms with Gasteiger partial charge in [-0.15, -0.1) is 0 Å². The number of carbonyl (C=O) groups excluding carboxylic acids is 1. The fourth-order valence-electron chi connectivity index (χ4n) is 3.35. The van der Waals surface area contributed by atoms with Gasteiger partial charge in [0.15, 0.2) is 0 Å². The Morgan fingerprint density at radius 3 is 2.34 bits per heavy atom. The minimum atomic E-state index is -1.11. The fraction of sp³-hybridized carbons (Fsp3) is 0.435. The Bertz CT molecular complexity index is 869. The van der Waals surface area contributed by atoms with Gasteiger partial charge in [0, 0.05) is 22.9 Å². The maximum atomic E-state index is 14.0. The molecule has 0 bridgehead atoms.